The van der Waals surface area contributed by atoms with Gasteiger partial charge in [0.1, 0.15) is 23.8 Å². The van der Waals surface area contributed by atoms with E-state index in [0.717, 1.165) is 16.0 Å². The third-order valence-electron chi connectivity index (χ3n) is 3.56. The van der Waals surface area contributed by atoms with Crippen LogP contribution in [0.25, 0.3) is 16.0 Å². The van der Waals surface area contributed by atoms with Crippen molar-refractivity contribution in [3.8, 4) is 5.82 Å². The van der Waals surface area contributed by atoms with E-state index in [-0.39, 0.29) is 5.91 Å². The molecular weight excluding hydrogens is 324 g/mol. The molecule has 0 atom stereocenters. The summed E-state index contributed by atoms with van der Waals surface area (Å²) in [7, 11) is 0. The zero-order chi connectivity index (χ0) is 16.5. The smallest absolute Gasteiger partial charge is 0.256 e. The Morgan fingerprint density at radius 1 is 1.17 bits per heavy atom. The minimum atomic E-state index is -0.225. The fourth-order valence-corrected chi connectivity index (χ4v) is 3.07. The molecule has 24 heavy (non-hydrogen) atoms. The normalized spacial score (nSPS) is 10.9. The first-order valence-electron chi connectivity index (χ1n) is 7.18. The van der Waals surface area contributed by atoms with Gasteiger partial charge in [-0.1, -0.05) is 0 Å². The Morgan fingerprint density at radius 2 is 2.08 bits per heavy atom. The monoisotopic (exact) mass is 336 g/mol. The van der Waals surface area contributed by atoms with Crippen molar-refractivity contribution in [1.29, 1.82) is 0 Å². The van der Waals surface area contributed by atoms with Gasteiger partial charge in [-0.2, -0.15) is 0 Å². The summed E-state index contributed by atoms with van der Waals surface area (Å²) in [6, 6.07) is 7.11. The number of imidazole rings is 1. The molecule has 1 amide bonds. The van der Waals surface area contributed by atoms with E-state index in [0.29, 0.717) is 17.2 Å². The van der Waals surface area contributed by atoms with Crippen LogP contribution in [0.4, 0.5) is 5.82 Å². The van der Waals surface area contributed by atoms with E-state index in [1.54, 1.807) is 30.0 Å². The van der Waals surface area contributed by atoms with Crippen molar-refractivity contribution in [1.82, 2.24) is 24.5 Å². The number of hydrogen-bond donors (Lipinski definition) is 1. The van der Waals surface area contributed by atoms with Crippen LogP contribution < -0.4 is 5.32 Å². The maximum Gasteiger partial charge on any atom is 0.256 e. The van der Waals surface area contributed by atoms with E-state index >= 15 is 0 Å². The molecule has 0 saturated carbocycles. The number of hydrogen-bond acceptors (Lipinski definition) is 6. The lowest BCUT2D eigenvalue weighted by atomic mass is 10.2. The highest BCUT2D eigenvalue weighted by Crippen LogP contribution is 2.20. The van der Waals surface area contributed by atoms with Gasteiger partial charge in [0.15, 0.2) is 0 Å². The standard InChI is InChI=1S/C16H12N6OS/c1-10-17-4-5-22(10)15-7-14(18-8-19-15)21-16(23)11-2-3-12-13(6-11)24-9-20-12/h2-9H,1H3,(H,18,19,21,23). The Balaban J connectivity index is 1.60. The molecule has 0 radical (unpaired) electrons. The number of nitrogens with zero attached hydrogens (tertiary/aromatic N) is 5. The lowest BCUT2D eigenvalue weighted by Gasteiger charge is -2.07. The van der Waals surface area contributed by atoms with Gasteiger partial charge in [-0.3, -0.25) is 9.36 Å². The second kappa shape index (κ2) is 5.82. The van der Waals surface area contributed by atoms with Gasteiger partial charge in [0, 0.05) is 24.0 Å². The van der Waals surface area contributed by atoms with Crippen molar-refractivity contribution >= 4 is 33.3 Å². The Labute approximate surface area is 141 Å². The molecule has 4 aromatic rings. The molecule has 0 aliphatic rings. The van der Waals surface area contributed by atoms with Crippen LogP contribution in [0.5, 0.6) is 0 Å². The first kappa shape index (κ1) is 14.5. The molecule has 0 aliphatic carbocycles. The highest BCUT2D eigenvalue weighted by Gasteiger charge is 2.10. The summed E-state index contributed by atoms with van der Waals surface area (Å²) >= 11 is 1.50. The fourth-order valence-electron chi connectivity index (χ4n) is 2.35. The number of aromatic nitrogens is 5. The van der Waals surface area contributed by atoms with Crippen LogP contribution in [0.3, 0.4) is 0 Å². The average molecular weight is 336 g/mol. The topological polar surface area (TPSA) is 85.6 Å². The quantitative estimate of drug-likeness (QED) is 0.622. The molecule has 118 valence electrons. The average Bonchev–Trinajstić information content (AvgIpc) is 3.22. The molecule has 3 heterocycles. The van der Waals surface area contributed by atoms with Gasteiger partial charge in [0.25, 0.3) is 5.91 Å². The second-order valence-corrected chi connectivity index (χ2v) is 5.98. The number of nitrogens with one attached hydrogen (secondary N) is 1. The Morgan fingerprint density at radius 3 is 2.92 bits per heavy atom. The van der Waals surface area contributed by atoms with Gasteiger partial charge < -0.3 is 5.32 Å². The van der Waals surface area contributed by atoms with E-state index < -0.39 is 0 Å². The van der Waals surface area contributed by atoms with E-state index in [1.165, 1.54) is 17.7 Å². The molecule has 0 fully saturated rings. The van der Waals surface area contributed by atoms with Gasteiger partial charge in [-0.15, -0.1) is 11.3 Å². The summed E-state index contributed by atoms with van der Waals surface area (Å²) in [5.41, 5.74) is 3.21. The van der Waals surface area contributed by atoms with Crippen LogP contribution in [0.1, 0.15) is 16.2 Å². The van der Waals surface area contributed by atoms with Crippen molar-refractivity contribution < 1.29 is 4.79 Å². The number of anilines is 1. The zero-order valence-electron chi connectivity index (χ0n) is 12.7. The van der Waals surface area contributed by atoms with E-state index in [2.05, 4.69) is 25.3 Å². The summed E-state index contributed by atoms with van der Waals surface area (Å²) < 4.78 is 2.79. The fraction of sp³-hybridized carbons (Fsp3) is 0.0625. The number of carbonyl (C=O) groups excluding carboxylic acids is 1. The van der Waals surface area contributed by atoms with E-state index in [4.69, 9.17) is 0 Å². The Kier molecular flexibility index (Phi) is 3.51. The number of aryl methyl sites for hydroxylation is 1. The third-order valence-corrected chi connectivity index (χ3v) is 4.35. The van der Waals surface area contributed by atoms with Gasteiger partial charge >= 0.3 is 0 Å². The Hall–Kier alpha value is -3.13. The number of carbonyl (C=O) groups is 1. The molecule has 0 unspecified atom stereocenters. The number of benzene rings is 1. The van der Waals surface area contributed by atoms with Crippen LogP contribution in [-0.4, -0.2) is 30.4 Å². The zero-order valence-corrected chi connectivity index (χ0v) is 13.5. The lowest BCUT2D eigenvalue weighted by molar-refractivity contribution is 0.102. The summed E-state index contributed by atoms with van der Waals surface area (Å²) in [4.78, 5) is 29.1. The van der Waals surface area contributed by atoms with E-state index in [1.807, 2.05) is 23.6 Å². The van der Waals surface area contributed by atoms with Gasteiger partial charge in [-0.25, -0.2) is 19.9 Å². The van der Waals surface area contributed by atoms with Crippen LogP contribution in [-0.2, 0) is 0 Å². The molecule has 1 N–H and O–H groups in total. The molecule has 0 bridgehead atoms. The largest absolute Gasteiger partial charge is 0.306 e. The third kappa shape index (κ3) is 2.63. The molecule has 0 aliphatic heterocycles. The van der Waals surface area contributed by atoms with Crippen molar-refractivity contribution in [3.05, 3.63) is 59.9 Å². The molecular formula is C16H12N6OS. The summed E-state index contributed by atoms with van der Waals surface area (Å²) in [6.45, 7) is 1.88. The first-order chi connectivity index (χ1) is 11.7. The predicted molar refractivity (Wildman–Crippen MR) is 91.5 cm³/mol. The van der Waals surface area contributed by atoms with Crippen LogP contribution in [0.2, 0.25) is 0 Å². The molecule has 1 aromatic carbocycles. The maximum atomic E-state index is 12.4. The molecule has 0 spiro atoms. The molecule has 3 aromatic heterocycles. The highest BCUT2D eigenvalue weighted by atomic mass is 32.1. The first-order valence-corrected chi connectivity index (χ1v) is 8.05. The molecule has 0 saturated heterocycles. The van der Waals surface area contributed by atoms with Crippen LogP contribution >= 0.6 is 11.3 Å². The minimum absolute atomic E-state index is 0.225. The second-order valence-electron chi connectivity index (χ2n) is 5.09. The number of thiazole rings is 1. The van der Waals surface area contributed by atoms with Gasteiger partial charge in [0.05, 0.1) is 15.7 Å². The van der Waals surface area contributed by atoms with Gasteiger partial charge in [0.2, 0.25) is 0 Å². The highest BCUT2D eigenvalue weighted by molar-refractivity contribution is 7.16. The lowest BCUT2D eigenvalue weighted by Crippen LogP contribution is -2.13. The van der Waals surface area contributed by atoms with Crippen molar-refractivity contribution in [2.24, 2.45) is 0 Å². The predicted octanol–water partition coefficient (Wildman–Crippen LogP) is 2.83. The van der Waals surface area contributed by atoms with Crippen molar-refractivity contribution in [2.75, 3.05) is 5.32 Å². The number of amides is 1. The summed E-state index contributed by atoms with van der Waals surface area (Å²) in [5.74, 6) is 1.66. The van der Waals surface area contributed by atoms with Crippen LogP contribution in [0.15, 0.2) is 48.5 Å². The summed E-state index contributed by atoms with van der Waals surface area (Å²) in [5, 5.41) is 2.80. The van der Waals surface area contributed by atoms with Crippen LogP contribution in [0, 0.1) is 6.92 Å². The molecule has 7 nitrogen and oxygen atoms in total. The molecule has 8 heteroatoms. The van der Waals surface area contributed by atoms with Crippen molar-refractivity contribution in [2.45, 2.75) is 6.92 Å². The maximum absolute atomic E-state index is 12.4. The van der Waals surface area contributed by atoms with Gasteiger partial charge in [-0.05, 0) is 25.1 Å². The Bertz CT molecular complexity index is 1040. The summed E-state index contributed by atoms with van der Waals surface area (Å²) in [6.07, 6.45) is 4.91. The van der Waals surface area contributed by atoms with Crippen molar-refractivity contribution in [3.63, 3.8) is 0 Å². The number of fused-ring (bicyclic) bond motifs is 1. The van der Waals surface area contributed by atoms with E-state index in [9.17, 15) is 4.79 Å². The minimum Gasteiger partial charge on any atom is -0.306 e. The molecule has 4 rings (SSSR count). The number of rotatable bonds is 3. The SMILES string of the molecule is Cc1nccn1-c1cc(NC(=O)c2ccc3ncsc3c2)ncn1.